The first kappa shape index (κ1) is 13.3. The van der Waals surface area contributed by atoms with Crippen LogP contribution in [0.4, 0.5) is 0 Å². The van der Waals surface area contributed by atoms with Gasteiger partial charge in [-0.25, -0.2) is 0 Å². The Kier molecular flexibility index (Phi) is 4.18. The molecule has 2 N–H and O–H groups in total. The van der Waals surface area contributed by atoms with E-state index in [1.807, 2.05) is 18.2 Å². The van der Waals surface area contributed by atoms with Crippen LogP contribution in [-0.2, 0) is 11.2 Å². The van der Waals surface area contributed by atoms with Crippen LogP contribution in [-0.4, -0.2) is 11.8 Å². The molecule has 2 rings (SSSR count). The van der Waals surface area contributed by atoms with Gasteiger partial charge >= 0.3 is 0 Å². The molecule has 18 heavy (non-hydrogen) atoms. The summed E-state index contributed by atoms with van der Waals surface area (Å²) in [6.07, 6.45) is 5.66. The number of carbonyl (C=O) groups excluding carboxylic acids is 1. The summed E-state index contributed by atoms with van der Waals surface area (Å²) >= 11 is 0. The summed E-state index contributed by atoms with van der Waals surface area (Å²) in [7, 11) is 0. The summed E-state index contributed by atoms with van der Waals surface area (Å²) in [6.45, 7) is 2.05. The lowest BCUT2D eigenvalue weighted by Crippen LogP contribution is -2.41. The summed E-state index contributed by atoms with van der Waals surface area (Å²) in [5, 5.41) is 0. The standard InChI is InChI=1S/C16H23NO/c1-16(12-6-10-14(16)17)15(18)11-5-9-13-7-3-2-4-8-13/h2-4,7-8,14H,5-6,9-12,17H2,1H3. The van der Waals surface area contributed by atoms with Gasteiger partial charge in [-0.15, -0.1) is 0 Å². The summed E-state index contributed by atoms with van der Waals surface area (Å²) in [5.74, 6) is 0.364. The number of ketones is 1. The maximum Gasteiger partial charge on any atom is 0.140 e. The maximum absolute atomic E-state index is 12.3. The molecule has 2 heteroatoms. The van der Waals surface area contributed by atoms with Gasteiger partial charge in [-0.05, 0) is 31.2 Å². The zero-order valence-electron chi connectivity index (χ0n) is 11.2. The molecule has 1 aliphatic rings. The number of rotatable bonds is 5. The van der Waals surface area contributed by atoms with E-state index in [2.05, 4.69) is 19.1 Å². The lowest BCUT2D eigenvalue weighted by atomic mass is 9.79. The minimum atomic E-state index is -0.253. The molecule has 0 aromatic heterocycles. The van der Waals surface area contributed by atoms with Crippen molar-refractivity contribution >= 4 is 5.78 Å². The van der Waals surface area contributed by atoms with E-state index in [1.165, 1.54) is 5.56 Å². The quantitative estimate of drug-likeness (QED) is 0.866. The van der Waals surface area contributed by atoms with Gasteiger partial charge in [0, 0.05) is 17.9 Å². The second-order valence-corrected chi connectivity index (χ2v) is 5.68. The Balaban J connectivity index is 1.82. The van der Waals surface area contributed by atoms with Crippen molar-refractivity contribution in [2.24, 2.45) is 11.1 Å². The Labute approximate surface area is 110 Å². The van der Waals surface area contributed by atoms with Gasteiger partial charge in [-0.1, -0.05) is 43.7 Å². The highest BCUT2D eigenvalue weighted by atomic mass is 16.1. The van der Waals surface area contributed by atoms with Crippen LogP contribution in [0.5, 0.6) is 0 Å². The minimum Gasteiger partial charge on any atom is -0.327 e. The zero-order valence-corrected chi connectivity index (χ0v) is 11.2. The topological polar surface area (TPSA) is 43.1 Å². The van der Waals surface area contributed by atoms with E-state index in [4.69, 9.17) is 5.73 Å². The first-order valence-electron chi connectivity index (χ1n) is 6.96. The fourth-order valence-electron chi connectivity index (χ4n) is 2.92. The van der Waals surface area contributed by atoms with Gasteiger partial charge in [0.25, 0.3) is 0 Å². The highest BCUT2D eigenvalue weighted by Crippen LogP contribution is 2.38. The molecule has 1 saturated carbocycles. The van der Waals surface area contributed by atoms with Crippen molar-refractivity contribution in [2.75, 3.05) is 0 Å². The van der Waals surface area contributed by atoms with Crippen LogP contribution in [0.1, 0.15) is 44.6 Å². The predicted molar refractivity (Wildman–Crippen MR) is 74.3 cm³/mol. The molecule has 0 saturated heterocycles. The number of hydrogen-bond donors (Lipinski definition) is 1. The normalized spacial score (nSPS) is 27.3. The van der Waals surface area contributed by atoms with Gasteiger partial charge in [0.1, 0.15) is 5.78 Å². The van der Waals surface area contributed by atoms with Crippen molar-refractivity contribution in [1.29, 1.82) is 0 Å². The molecule has 0 aliphatic heterocycles. The van der Waals surface area contributed by atoms with Crippen LogP contribution in [0.3, 0.4) is 0 Å². The number of Topliss-reactive ketones (excluding diaryl/α,β-unsaturated/α-hetero) is 1. The third-order valence-corrected chi connectivity index (χ3v) is 4.38. The molecular formula is C16H23NO. The van der Waals surface area contributed by atoms with E-state index in [1.54, 1.807) is 0 Å². The second kappa shape index (κ2) is 5.66. The molecule has 2 nitrogen and oxygen atoms in total. The van der Waals surface area contributed by atoms with Crippen LogP contribution in [0.2, 0.25) is 0 Å². The molecule has 2 atom stereocenters. The highest BCUT2D eigenvalue weighted by Gasteiger charge is 2.41. The van der Waals surface area contributed by atoms with Gasteiger partial charge in [-0.3, -0.25) is 4.79 Å². The van der Waals surface area contributed by atoms with Crippen molar-refractivity contribution in [3.8, 4) is 0 Å². The summed E-state index contributed by atoms with van der Waals surface area (Å²) < 4.78 is 0. The summed E-state index contributed by atoms with van der Waals surface area (Å²) in [4.78, 5) is 12.3. The fraction of sp³-hybridized carbons (Fsp3) is 0.562. The van der Waals surface area contributed by atoms with Gasteiger partial charge in [0.15, 0.2) is 0 Å². The molecule has 0 spiro atoms. The van der Waals surface area contributed by atoms with E-state index in [0.717, 1.165) is 32.1 Å². The molecule has 2 unspecified atom stereocenters. The number of hydrogen-bond acceptors (Lipinski definition) is 2. The molecular weight excluding hydrogens is 222 g/mol. The molecule has 0 radical (unpaired) electrons. The molecule has 1 aliphatic carbocycles. The van der Waals surface area contributed by atoms with Gasteiger partial charge in [0.05, 0.1) is 0 Å². The van der Waals surface area contributed by atoms with Crippen LogP contribution in [0, 0.1) is 5.41 Å². The summed E-state index contributed by atoms with van der Waals surface area (Å²) in [5.41, 5.74) is 7.13. The highest BCUT2D eigenvalue weighted by molar-refractivity contribution is 5.85. The molecule has 0 bridgehead atoms. The smallest absolute Gasteiger partial charge is 0.140 e. The third kappa shape index (κ3) is 2.81. The number of nitrogens with two attached hydrogens (primary N) is 1. The molecule has 1 aromatic carbocycles. The molecule has 1 aromatic rings. The van der Waals surface area contributed by atoms with Gasteiger partial charge < -0.3 is 5.73 Å². The van der Waals surface area contributed by atoms with Crippen LogP contribution in [0.15, 0.2) is 30.3 Å². The van der Waals surface area contributed by atoms with Crippen LogP contribution >= 0.6 is 0 Å². The van der Waals surface area contributed by atoms with Crippen molar-refractivity contribution in [1.82, 2.24) is 0 Å². The van der Waals surface area contributed by atoms with Crippen LogP contribution < -0.4 is 5.73 Å². The third-order valence-electron chi connectivity index (χ3n) is 4.38. The van der Waals surface area contributed by atoms with Crippen molar-refractivity contribution in [3.05, 3.63) is 35.9 Å². The largest absolute Gasteiger partial charge is 0.327 e. The van der Waals surface area contributed by atoms with E-state index in [-0.39, 0.29) is 11.5 Å². The second-order valence-electron chi connectivity index (χ2n) is 5.68. The average molecular weight is 245 g/mol. The zero-order chi connectivity index (χ0) is 13.0. The first-order chi connectivity index (χ1) is 8.63. The van der Waals surface area contributed by atoms with E-state index in [9.17, 15) is 4.79 Å². The Hall–Kier alpha value is -1.15. The van der Waals surface area contributed by atoms with Crippen LogP contribution in [0.25, 0.3) is 0 Å². The lowest BCUT2D eigenvalue weighted by Gasteiger charge is -2.27. The number of aryl methyl sites for hydroxylation is 1. The SMILES string of the molecule is CC1(C(=O)CCCc2ccccc2)CCCC1N. The Morgan fingerprint density at radius 1 is 1.39 bits per heavy atom. The number of benzene rings is 1. The Morgan fingerprint density at radius 3 is 2.72 bits per heavy atom. The Bertz CT molecular complexity index is 401. The van der Waals surface area contributed by atoms with E-state index >= 15 is 0 Å². The molecule has 1 fully saturated rings. The summed E-state index contributed by atoms with van der Waals surface area (Å²) in [6, 6.07) is 10.4. The van der Waals surface area contributed by atoms with Crippen molar-refractivity contribution in [3.63, 3.8) is 0 Å². The monoisotopic (exact) mass is 245 g/mol. The average Bonchev–Trinajstić information content (AvgIpc) is 2.72. The van der Waals surface area contributed by atoms with E-state index < -0.39 is 0 Å². The first-order valence-corrected chi connectivity index (χ1v) is 6.96. The predicted octanol–water partition coefficient (Wildman–Crippen LogP) is 3.10. The molecule has 98 valence electrons. The van der Waals surface area contributed by atoms with Gasteiger partial charge in [-0.2, -0.15) is 0 Å². The van der Waals surface area contributed by atoms with E-state index in [0.29, 0.717) is 12.2 Å². The molecule has 0 amide bonds. The Morgan fingerprint density at radius 2 is 2.11 bits per heavy atom. The number of carbonyl (C=O) groups is 1. The molecule has 0 heterocycles. The maximum atomic E-state index is 12.3. The lowest BCUT2D eigenvalue weighted by molar-refractivity contribution is -0.128. The van der Waals surface area contributed by atoms with Crippen molar-refractivity contribution < 1.29 is 4.79 Å². The fourth-order valence-corrected chi connectivity index (χ4v) is 2.92. The minimum absolute atomic E-state index is 0.0710. The van der Waals surface area contributed by atoms with Gasteiger partial charge in [0.2, 0.25) is 0 Å². The van der Waals surface area contributed by atoms with Crippen molar-refractivity contribution in [2.45, 2.75) is 51.5 Å².